The lowest BCUT2D eigenvalue weighted by Gasteiger charge is -2.03. The quantitative estimate of drug-likeness (QED) is 0.497. The number of benzene rings is 1. The SMILES string of the molecule is N[C@@H](CS)C(=O)O.O=C(O)[C@@H](O)c1ccccc1. The zero-order chi connectivity index (χ0) is 14.1. The minimum atomic E-state index is -1.41. The molecule has 0 heterocycles. The van der Waals surface area contributed by atoms with Crippen LogP contribution in [0.3, 0.4) is 0 Å². The molecular weight excluding hydrogens is 258 g/mol. The minimum Gasteiger partial charge on any atom is -0.480 e. The number of carboxylic acids is 2. The first-order valence-electron chi connectivity index (χ1n) is 4.95. The molecule has 1 rings (SSSR count). The van der Waals surface area contributed by atoms with Gasteiger partial charge in [0.05, 0.1) is 0 Å². The van der Waals surface area contributed by atoms with E-state index in [4.69, 9.17) is 21.1 Å². The summed E-state index contributed by atoms with van der Waals surface area (Å²) in [5.74, 6) is -2.04. The first-order chi connectivity index (χ1) is 8.40. The van der Waals surface area contributed by atoms with E-state index in [1.54, 1.807) is 30.3 Å². The van der Waals surface area contributed by atoms with Crippen LogP contribution in [0, 0.1) is 0 Å². The van der Waals surface area contributed by atoms with Gasteiger partial charge in [0.1, 0.15) is 6.04 Å². The molecular formula is C11H15NO5S. The molecule has 18 heavy (non-hydrogen) atoms. The van der Waals surface area contributed by atoms with Crippen LogP contribution in [-0.2, 0) is 9.59 Å². The number of nitrogens with two attached hydrogens (primary N) is 1. The number of aliphatic hydroxyl groups is 1. The molecule has 1 aromatic rings. The fourth-order valence-corrected chi connectivity index (χ4v) is 1.01. The first-order valence-corrected chi connectivity index (χ1v) is 5.58. The molecule has 6 nitrogen and oxygen atoms in total. The molecule has 0 aliphatic heterocycles. The van der Waals surface area contributed by atoms with Crippen LogP contribution in [-0.4, -0.2) is 39.1 Å². The van der Waals surface area contributed by atoms with Crippen LogP contribution in [0.5, 0.6) is 0 Å². The molecule has 0 aromatic heterocycles. The zero-order valence-corrected chi connectivity index (χ0v) is 10.3. The Morgan fingerprint density at radius 2 is 1.67 bits per heavy atom. The van der Waals surface area contributed by atoms with Crippen molar-refractivity contribution < 1.29 is 24.9 Å². The second kappa shape index (κ2) is 8.51. The van der Waals surface area contributed by atoms with Crippen molar-refractivity contribution in [3.63, 3.8) is 0 Å². The molecule has 0 saturated heterocycles. The molecule has 0 unspecified atom stereocenters. The van der Waals surface area contributed by atoms with Gasteiger partial charge in [-0.2, -0.15) is 12.6 Å². The van der Waals surface area contributed by atoms with E-state index in [1.165, 1.54) is 0 Å². The molecule has 0 spiro atoms. The molecule has 0 radical (unpaired) electrons. The number of hydrogen-bond donors (Lipinski definition) is 5. The van der Waals surface area contributed by atoms with Gasteiger partial charge in [0, 0.05) is 5.75 Å². The van der Waals surface area contributed by atoms with Crippen molar-refractivity contribution in [3.8, 4) is 0 Å². The van der Waals surface area contributed by atoms with Crippen molar-refractivity contribution in [1.29, 1.82) is 0 Å². The third-order valence-corrected chi connectivity index (χ3v) is 2.26. The summed E-state index contributed by atoms with van der Waals surface area (Å²) >= 11 is 3.65. The van der Waals surface area contributed by atoms with Gasteiger partial charge in [0.2, 0.25) is 0 Å². The van der Waals surface area contributed by atoms with E-state index >= 15 is 0 Å². The summed E-state index contributed by atoms with van der Waals surface area (Å²) in [4.78, 5) is 20.0. The molecule has 1 aromatic carbocycles. The Kier molecular flexibility index (Phi) is 7.77. The van der Waals surface area contributed by atoms with Crippen LogP contribution in [0.15, 0.2) is 30.3 Å². The van der Waals surface area contributed by atoms with E-state index in [-0.39, 0.29) is 5.75 Å². The summed E-state index contributed by atoms with van der Waals surface area (Å²) in [7, 11) is 0. The zero-order valence-electron chi connectivity index (χ0n) is 9.43. The van der Waals surface area contributed by atoms with Crippen LogP contribution in [0.2, 0.25) is 0 Å². The topological polar surface area (TPSA) is 121 Å². The Balaban J connectivity index is 0.000000360. The fourth-order valence-electron chi connectivity index (χ4n) is 0.856. The molecule has 0 amide bonds. The van der Waals surface area contributed by atoms with Crippen LogP contribution in [0.1, 0.15) is 11.7 Å². The lowest BCUT2D eigenvalue weighted by atomic mass is 10.1. The number of carbonyl (C=O) groups is 2. The highest BCUT2D eigenvalue weighted by Gasteiger charge is 2.14. The number of aliphatic carboxylic acids is 2. The molecule has 5 N–H and O–H groups in total. The smallest absolute Gasteiger partial charge is 0.337 e. The lowest BCUT2D eigenvalue weighted by Crippen LogP contribution is -2.31. The maximum Gasteiger partial charge on any atom is 0.337 e. The summed E-state index contributed by atoms with van der Waals surface area (Å²) in [5, 5.41) is 25.4. The van der Waals surface area contributed by atoms with Gasteiger partial charge in [-0.05, 0) is 5.56 Å². The standard InChI is InChI=1S/C8H8O3.C3H7NO2S/c9-7(8(10)11)6-4-2-1-3-5-6;4-2(1-7)3(5)6/h1-5,7,9H,(H,10,11);2,7H,1,4H2,(H,5,6)/t7-;2-/m00/s1. The fraction of sp³-hybridized carbons (Fsp3) is 0.273. The molecule has 0 bridgehead atoms. The highest BCUT2D eigenvalue weighted by molar-refractivity contribution is 7.80. The number of carboxylic acid groups (broad SMARTS) is 2. The molecule has 0 aliphatic carbocycles. The Bertz CT molecular complexity index is 384. The number of thiol groups is 1. The summed E-state index contributed by atoms with van der Waals surface area (Å²) < 4.78 is 0. The van der Waals surface area contributed by atoms with Crippen LogP contribution < -0.4 is 5.73 Å². The molecule has 0 fully saturated rings. The summed E-state index contributed by atoms with van der Waals surface area (Å²) in [6.45, 7) is 0. The molecule has 2 atom stereocenters. The van der Waals surface area contributed by atoms with Gasteiger partial charge in [0.25, 0.3) is 0 Å². The van der Waals surface area contributed by atoms with Crippen molar-refractivity contribution in [2.45, 2.75) is 12.1 Å². The first kappa shape index (κ1) is 16.4. The van der Waals surface area contributed by atoms with E-state index < -0.39 is 24.1 Å². The van der Waals surface area contributed by atoms with Gasteiger partial charge in [-0.3, -0.25) is 4.79 Å². The van der Waals surface area contributed by atoms with E-state index in [0.29, 0.717) is 5.56 Å². The largest absolute Gasteiger partial charge is 0.480 e. The highest BCUT2D eigenvalue weighted by atomic mass is 32.1. The van der Waals surface area contributed by atoms with Gasteiger partial charge in [0.15, 0.2) is 6.10 Å². The van der Waals surface area contributed by atoms with Crippen molar-refractivity contribution in [2.24, 2.45) is 5.73 Å². The van der Waals surface area contributed by atoms with Crippen molar-refractivity contribution >= 4 is 24.6 Å². The van der Waals surface area contributed by atoms with Crippen molar-refractivity contribution in [1.82, 2.24) is 0 Å². The van der Waals surface area contributed by atoms with Gasteiger partial charge in [-0.15, -0.1) is 0 Å². The molecule has 7 heteroatoms. The Hall–Kier alpha value is -1.57. The summed E-state index contributed by atoms with van der Waals surface area (Å²) in [6.07, 6.45) is -1.41. The van der Waals surface area contributed by atoms with Gasteiger partial charge in [-0.25, -0.2) is 4.79 Å². The van der Waals surface area contributed by atoms with E-state index in [0.717, 1.165) is 0 Å². The summed E-state index contributed by atoms with van der Waals surface area (Å²) in [5.41, 5.74) is 5.34. The Morgan fingerprint density at radius 3 is 1.94 bits per heavy atom. The highest BCUT2D eigenvalue weighted by Crippen LogP contribution is 2.10. The second-order valence-electron chi connectivity index (χ2n) is 3.28. The van der Waals surface area contributed by atoms with E-state index in [9.17, 15) is 9.59 Å². The van der Waals surface area contributed by atoms with Gasteiger partial charge in [-0.1, -0.05) is 30.3 Å². The normalized spacial score (nSPS) is 12.8. The van der Waals surface area contributed by atoms with Gasteiger partial charge >= 0.3 is 11.9 Å². The van der Waals surface area contributed by atoms with E-state index in [2.05, 4.69) is 12.6 Å². The second-order valence-corrected chi connectivity index (χ2v) is 3.64. The predicted octanol–water partition coefficient (Wildman–Crippen LogP) is 0.133. The number of hydrogen-bond acceptors (Lipinski definition) is 5. The van der Waals surface area contributed by atoms with Crippen LogP contribution >= 0.6 is 12.6 Å². The van der Waals surface area contributed by atoms with Crippen LogP contribution in [0.4, 0.5) is 0 Å². The van der Waals surface area contributed by atoms with Crippen molar-refractivity contribution in [3.05, 3.63) is 35.9 Å². The lowest BCUT2D eigenvalue weighted by molar-refractivity contribution is -0.147. The van der Waals surface area contributed by atoms with Crippen molar-refractivity contribution in [2.75, 3.05) is 5.75 Å². The molecule has 0 aliphatic rings. The average Bonchev–Trinajstić information content (AvgIpc) is 2.38. The maximum absolute atomic E-state index is 10.2. The molecule has 0 saturated carbocycles. The summed E-state index contributed by atoms with van der Waals surface area (Å²) in [6, 6.07) is 7.45. The van der Waals surface area contributed by atoms with E-state index in [1.807, 2.05) is 0 Å². The predicted molar refractivity (Wildman–Crippen MR) is 68.5 cm³/mol. The third kappa shape index (κ3) is 6.24. The molecule has 100 valence electrons. The number of rotatable bonds is 4. The Labute approximate surface area is 109 Å². The Morgan fingerprint density at radius 1 is 1.17 bits per heavy atom. The third-order valence-electron chi connectivity index (χ3n) is 1.86. The minimum absolute atomic E-state index is 0.190. The van der Waals surface area contributed by atoms with Crippen LogP contribution in [0.25, 0.3) is 0 Å². The average molecular weight is 273 g/mol. The monoisotopic (exact) mass is 273 g/mol. The number of aliphatic hydroxyl groups excluding tert-OH is 1. The maximum atomic E-state index is 10.2. The van der Waals surface area contributed by atoms with Gasteiger partial charge < -0.3 is 21.1 Å².